The van der Waals surface area contributed by atoms with Crippen molar-refractivity contribution in [3.63, 3.8) is 0 Å². The zero-order valence-corrected chi connectivity index (χ0v) is 19.1. The van der Waals surface area contributed by atoms with E-state index < -0.39 is 15.6 Å². The number of sulfonamides is 1. The van der Waals surface area contributed by atoms with Gasteiger partial charge in [0.2, 0.25) is 15.9 Å². The molecule has 2 heterocycles. The van der Waals surface area contributed by atoms with E-state index in [2.05, 4.69) is 20.8 Å². The maximum Gasteiger partial charge on any atom is 0.243 e. The van der Waals surface area contributed by atoms with Gasteiger partial charge in [0.05, 0.1) is 17.1 Å². The third kappa shape index (κ3) is 3.56. The van der Waals surface area contributed by atoms with Gasteiger partial charge in [0.1, 0.15) is 11.4 Å². The minimum Gasteiger partial charge on any atom is -0.484 e. The van der Waals surface area contributed by atoms with E-state index in [9.17, 15) is 13.2 Å². The molecule has 1 amide bonds. The van der Waals surface area contributed by atoms with Crippen LogP contribution in [-0.2, 0) is 14.8 Å². The molecule has 0 N–H and O–H groups in total. The van der Waals surface area contributed by atoms with E-state index in [-0.39, 0.29) is 27.7 Å². The molecule has 1 saturated heterocycles. The Morgan fingerprint density at radius 3 is 2.45 bits per heavy atom. The van der Waals surface area contributed by atoms with Crippen LogP contribution in [-0.4, -0.2) is 43.4 Å². The molecular formula is C22H32N2O4S. The Morgan fingerprint density at radius 1 is 1.10 bits per heavy atom. The molecule has 1 aromatic carbocycles. The first kappa shape index (κ1) is 20.7. The molecule has 29 heavy (non-hydrogen) atoms. The summed E-state index contributed by atoms with van der Waals surface area (Å²) in [7, 11) is -3.65. The number of rotatable bonds is 2. The molecule has 2 atom stereocenters. The van der Waals surface area contributed by atoms with Crippen molar-refractivity contribution in [2.75, 3.05) is 18.0 Å². The van der Waals surface area contributed by atoms with Crippen molar-refractivity contribution in [1.82, 2.24) is 4.31 Å². The minimum atomic E-state index is -3.65. The number of anilines is 1. The second-order valence-corrected chi connectivity index (χ2v) is 12.8. The van der Waals surface area contributed by atoms with Crippen molar-refractivity contribution in [1.29, 1.82) is 0 Å². The molecule has 1 aliphatic carbocycles. The number of ether oxygens (including phenoxy) is 1. The fraction of sp³-hybridized carbons (Fsp3) is 0.682. The average Bonchev–Trinajstić information content (AvgIpc) is 2.82. The summed E-state index contributed by atoms with van der Waals surface area (Å²) in [6.45, 7) is 13.0. The zero-order valence-electron chi connectivity index (χ0n) is 18.3. The molecule has 6 nitrogen and oxygen atoms in total. The van der Waals surface area contributed by atoms with Gasteiger partial charge >= 0.3 is 0 Å². The first-order chi connectivity index (χ1) is 13.2. The van der Waals surface area contributed by atoms with Crippen LogP contribution >= 0.6 is 0 Å². The predicted octanol–water partition coefficient (Wildman–Crippen LogP) is 3.80. The number of nitrogens with zero attached hydrogens (tertiary/aromatic N) is 2. The summed E-state index contributed by atoms with van der Waals surface area (Å²) in [5.74, 6) is 0.423. The van der Waals surface area contributed by atoms with E-state index in [1.54, 1.807) is 27.4 Å². The van der Waals surface area contributed by atoms with Crippen molar-refractivity contribution in [3.05, 3.63) is 18.2 Å². The average molecular weight is 421 g/mol. The van der Waals surface area contributed by atoms with Crippen molar-refractivity contribution in [2.45, 2.75) is 77.3 Å². The molecule has 4 rings (SSSR count). The van der Waals surface area contributed by atoms with Crippen LogP contribution in [0.5, 0.6) is 5.75 Å². The smallest absolute Gasteiger partial charge is 0.243 e. The third-order valence-electron chi connectivity index (χ3n) is 6.50. The van der Waals surface area contributed by atoms with Gasteiger partial charge in [-0.25, -0.2) is 8.42 Å². The summed E-state index contributed by atoms with van der Waals surface area (Å²) >= 11 is 0. The number of benzene rings is 1. The quantitative estimate of drug-likeness (QED) is 0.730. The highest BCUT2D eigenvalue weighted by atomic mass is 32.2. The molecule has 0 radical (unpaired) electrons. The van der Waals surface area contributed by atoms with E-state index in [0.717, 1.165) is 19.3 Å². The lowest BCUT2D eigenvalue weighted by molar-refractivity contribution is -0.117. The number of amides is 1. The van der Waals surface area contributed by atoms with Gasteiger partial charge in [0.25, 0.3) is 0 Å². The number of carbonyl (C=O) groups is 1. The summed E-state index contributed by atoms with van der Waals surface area (Å²) < 4.78 is 34.9. The monoisotopic (exact) mass is 420 g/mol. The topological polar surface area (TPSA) is 66.9 Å². The molecule has 2 bridgehead atoms. The van der Waals surface area contributed by atoms with E-state index in [4.69, 9.17) is 4.74 Å². The Balaban J connectivity index is 1.73. The molecule has 0 aromatic heterocycles. The SMILES string of the molecule is CC(=O)N1CC(C)(C)Oc2ccc(S(=O)(=O)N3CC4(C)CC3CC(C)(C)C4)cc21. The summed E-state index contributed by atoms with van der Waals surface area (Å²) in [6, 6.07) is 4.94. The molecule has 7 heteroatoms. The van der Waals surface area contributed by atoms with Crippen molar-refractivity contribution in [2.24, 2.45) is 10.8 Å². The second kappa shape index (κ2) is 6.20. The Bertz CT molecular complexity index is 969. The fourth-order valence-electron chi connectivity index (χ4n) is 5.86. The Hall–Kier alpha value is -1.60. The van der Waals surface area contributed by atoms with Crippen molar-refractivity contribution >= 4 is 21.6 Å². The van der Waals surface area contributed by atoms with E-state index in [0.29, 0.717) is 24.5 Å². The van der Waals surface area contributed by atoms with Crippen LogP contribution in [0, 0.1) is 10.8 Å². The standard InChI is InChI=1S/C22H32N2O4S/c1-15(25)23-13-21(4,5)28-19-8-7-17(9-18(19)23)29(26,27)24-14-22(6)11-16(24)10-20(2,3)12-22/h7-9,16H,10-14H2,1-6H3. The molecule has 1 aromatic rings. The third-order valence-corrected chi connectivity index (χ3v) is 8.39. The van der Waals surface area contributed by atoms with Crippen LogP contribution in [0.15, 0.2) is 23.1 Å². The van der Waals surface area contributed by atoms with Crippen LogP contribution in [0.3, 0.4) is 0 Å². The van der Waals surface area contributed by atoms with Gasteiger partial charge in [-0.3, -0.25) is 4.79 Å². The molecule has 2 fully saturated rings. The summed E-state index contributed by atoms with van der Waals surface area (Å²) in [4.78, 5) is 14.1. The van der Waals surface area contributed by atoms with Gasteiger partial charge in [-0.1, -0.05) is 20.8 Å². The lowest BCUT2D eigenvalue weighted by Gasteiger charge is -2.40. The van der Waals surface area contributed by atoms with Gasteiger partial charge in [0, 0.05) is 19.5 Å². The number of hydrogen-bond acceptors (Lipinski definition) is 4. The zero-order chi connectivity index (χ0) is 21.4. The van der Waals surface area contributed by atoms with E-state index >= 15 is 0 Å². The van der Waals surface area contributed by atoms with E-state index in [1.807, 2.05) is 13.8 Å². The number of carbonyl (C=O) groups excluding carboxylic acids is 1. The highest BCUT2D eigenvalue weighted by molar-refractivity contribution is 7.89. The number of fused-ring (bicyclic) bond motifs is 3. The molecule has 3 aliphatic rings. The molecular weight excluding hydrogens is 388 g/mol. The van der Waals surface area contributed by atoms with Gasteiger partial charge in [-0.15, -0.1) is 0 Å². The van der Waals surface area contributed by atoms with Crippen LogP contribution < -0.4 is 9.64 Å². The van der Waals surface area contributed by atoms with E-state index in [1.165, 1.54) is 6.92 Å². The minimum absolute atomic E-state index is 0.0201. The molecule has 2 unspecified atom stereocenters. The van der Waals surface area contributed by atoms with Crippen LogP contribution in [0.2, 0.25) is 0 Å². The van der Waals surface area contributed by atoms with Gasteiger partial charge in [-0.05, 0) is 62.1 Å². The van der Waals surface area contributed by atoms with Crippen LogP contribution in [0.25, 0.3) is 0 Å². The summed E-state index contributed by atoms with van der Waals surface area (Å²) in [5.41, 5.74) is 0.173. The maximum absolute atomic E-state index is 13.6. The fourth-order valence-corrected chi connectivity index (χ4v) is 7.65. The van der Waals surface area contributed by atoms with Crippen molar-refractivity contribution < 1.29 is 17.9 Å². The maximum atomic E-state index is 13.6. The Morgan fingerprint density at radius 2 is 1.79 bits per heavy atom. The van der Waals surface area contributed by atoms with Gasteiger partial charge < -0.3 is 9.64 Å². The first-order valence-corrected chi connectivity index (χ1v) is 11.8. The normalized spacial score (nSPS) is 30.6. The Kier molecular flexibility index (Phi) is 4.42. The molecule has 1 saturated carbocycles. The molecule has 160 valence electrons. The number of hydrogen-bond donors (Lipinski definition) is 0. The second-order valence-electron chi connectivity index (χ2n) is 10.9. The highest BCUT2D eigenvalue weighted by Gasteiger charge is 2.53. The molecule has 0 spiro atoms. The van der Waals surface area contributed by atoms with Gasteiger partial charge in [0.15, 0.2) is 0 Å². The van der Waals surface area contributed by atoms with Crippen molar-refractivity contribution in [3.8, 4) is 5.75 Å². The predicted molar refractivity (Wildman–Crippen MR) is 113 cm³/mol. The van der Waals surface area contributed by atoms with Crippen LogP contribution in [0.4, 0.5) is 5.69 Å². The Labute approximate surface area is 174 Å². The first-order valence-electron chi connectivity index (χ1n) is 10.3. The summed E-state index contributed by atoms with van der Waals surface area (Å²) in [5, 5.41) is 0. The summed E-state index contributed by atoms with van der Waals surface area (Å²) in [6.07, 6.45) is 2.83. The lowest BCUT2D eigenvalue weighted by atomic mass is 9.65. The largest absolute Gasteiger partial charge is 0.484 e. The molecule has 2 aliphatic heterocycles. The van der Waals surface area contributed by atoms with Gasteiger partial charge in [-0.2, -0.15) is 4.31 Å². The lowest BCUT2D eigenvalue weighted by Crippen LogP contribution is -2.48. The van der Waals surface area contributed by atoms with Crippen LogP contribution in [0.1, 0.15) is 60.8 Å². The highest BCUT2D eigenvalue weighted by Crippen LogP contribution is 2.54.